The number of aliphatic carboxylic acids is 1. The molecule has 1 radical (unpaired) electrons. The van der Waals surface area contributed by atoms with Gasteiger partial charge in [-0.1, -0.05) is 0 Å². The van der Waals surface area contributed by atoms with E-state index in [1.807, 2.05) is 30.3 Å². The first-order valence-corrected chi connectivity index (χ1v) is 10.8. The molecule has 2 atom stereocenters. The summed E-state index contributed by atoms with van der Waals surface area (Å²) in [5.41, 5.74) is 0.269. The summed E-state index contributed by atoms with van der Waals surface area (Å²) in [7, 11) is 1.32. The molecule has 3 rings (SSSR count). The number of rotatable bonds is 8. The standard InChI is InChI=1S/C21H19AsNO6/c1-12(20(25)26)22-19(24)18-17(21(27)28-2)16-9-8-15(10-13(16)11-23-18)29-14-6-4-3-5-7-14/h3-12,21,27H,1-2H3,(H,25,26)/t12-,21?/m0/s1. The van der Waals surface area contributed by atoms with Crippen LogP contribution >= 0.6 is 0 Å². The number of aromatic nitrogens is 1. The van der Waals surface area contributed by atoms with Gasteiger partial charge in [0.25, 0.3) is 0 Å². The number of para-hydroxylation sites is 1. The molecule has 149 valence electrons. The predicted molar refractivity (Wildman–Crippen MR) is 107 cm³/mol. The van der Waals surface area contributed by atoms with Crippen LogP contribution in [0.1, 0.15) is 29.3 Å². The Kier molecular flexibility index (Phi) is 6.64. The number of hydrogen-bond acceptors (Lipinski definition) is 6. The molecule has 0 saturated heterocycles. The third-order valence-electron chi connectivity index (χ3n) is 4.22. The fourth-order valence-electron chi connectivity index (χ4n) is 2.74. The van der Waals surface area contributed by atoms with Crippen LogP contribution < -0.4 is 4.74 Å². The molecule has 0 amide bonds. The van der Waals surface area contributed by atoms with Crippen molar-refractivity contribution in [3.8, 4) is 11.5 Å². The minimum atomic E-state index is -1.37. The number of carbonyl (C=O) groups is 2. The van der Waals surface area contributed by atoms with Crippen molar-refractivity contribution in [1.82, 2.24) is 4.98 Å². The molecule has 2 aromatic carbocycles. The summed E-state index contributed by atoms with van der Waals surface area (Å²) >= 11 is -1.19. The van der Waals surface area contributed by atoms with Crippen molar-refractivity contribution in [3.63, 3.8) is 0 Å². The first-order chi connectivity index (χ1) is 13.9. The fraction of sp³-hybridized carbons (Fsp3) is 0.190. The normalized spacial score (nSPS) is 13.5. The molecule has 3 aromatic rings. The first-order valence-electron chi connectivity index (χ1n) is 8.75. The molecule has 1 unspecified atom stereocenters. The molecule has 1 aromatic heterocycles. The average Bonchev–Trinajstić information content (AvgIpc) is 2.72. The van der Waals surface area contributed by atoms with E-state index in [1.54, 1.807) is 18.2 Å². The number of ether oxygens (including phenoxy) is 2. The number of benzene rings is 2. The number of carbonyl (C=O) groups excluding carboxylic acids is 1. The molecule has 29 heavy (non-hydrogen) atoms. The maximum atomic E-state index is 12.7. The van der Waals surface area contributed by atoms with Crippen LogP contribution in [0.2, 0.25) is 4.71 Å². The van der Waals surface area contributed by atoms with Crippen molar-refractivity contribution in [2.75, 3.05) is 7.11 Å². The van der Waals surface area contributed by atoms with E-state index < -0.39 is 32.7 Å². The number of aliphatic hydroxyl groups excluding tert-OH is 1. The number of carboxylic acids is 1. The van der Waals surface area contributed by atoms with Crippen molar-refractivity contribution in [3.05, 3.63) is 66.0 Å². The van der Waals surface area contributed by atoms with Gasteiger partial charge in [0.15, 0.2) is 0 Å². The quantitative estimate of drug-likeness (QED) is 0.395. The van der Waals surface area contributed by atoms with E-state index in [9.17, 15) is 14.7 Å². The van der Waals surface area contributed by atoms with Crippen molar-refractivity contribution < 1.29 is 29.3 Å². The molecule has 1 heterocycles. The van der Waals surface area contributed by atoms with Crippen molar-refractivity contribution in [2.24, 2.45) is 0 Å². The second kappa shape index (κ2) is 9.18. The Hall–Kier alpha value is -2.73. The number of carboxylic acid groups (broad SMARTS) is 1. The van der Waals surface area contributed by atoms with Gasteiger partial charge in [0.1, 0.15) is 0 Å². The second-order valence-corrected chi connectivity index (χ2v) is 9.24. The number of fused-ring (bicyclic) bond motifs is 1. The van der Waals surface area contributed by atoms with E-state index in [0.717, 1.165) is 0 Å². The molecule has 0 spiro atoms. The van der Waals surface area contributed by atoms with E-state index in [4.69, 9.17) is 14.6 Å². The van der Waals surface area contributed by atoms with E-state index in [1.165, 1.54) is 20.2 Å². The van der Waals surface area contributed by atoms with Gasteiger partial charge in [-0.05, 0) is 0 Å². The molecule has 7 nitrogen and oxygen atoms in total. The topological polar surface area (TPSA) is 106 Å². The maximum absolute atomic E-state index is 12.7. The van der Waals surface area contributed by atoms with Gasteiger partial charge >= 0.3 is 174 Å². The van der Waals surface area contributed by atoms with Gasteiger partial charge in [0, 0.05) is 0 Å². The summed E-state index contributed by atoms with van der Waals surface area (Å²) in [5.74, 6) is 0.222. The van der Waals surface area contributed by atoms with Crippen LogP contribution in [-0.2, 0) is 9.53 Å². The van der Waals surface area contributed by atoms with Crippen molar-refractivity contribution in [2.45, 2.75) is 17.9 Å². The van der Waals surface area contributed by atoms with Gasteiger partial charge in [-0.15, -0.1) is 0 Å². The Morgan fingerprint density at radius 2 is 1.83 bits per heavy atom. The van der Waals surface area contributed by atoms with Crippen LogP contribution in [0.3, 0.4) is 0 Å². The molecule has 0 bridgehead atoms. The Balaban J connectivity index is 2.02. The summed E-state index contributed by atoms with van der Waals surface area (Å²) in [6.07, 6.45) is 0.145. The van der Waals surface area contributed by atoms with Crippen LogP contribution in [0.4, 0.5) is 0 Å². The minimum absolute atomic E-state index is 0.0386. The van der Waals surface area contributed by atoms with Gasteiger partial charge < -0.3 is 0 Å². The second-order valence-electron chi connectivity index (χ2n) is 6.22. The third-order valence-corrected chi connectivity index (χ3v) is 6.43. The zero-order valence-electron chi connectivity index (χ0n) is 15.8. The zero-order valence-corrected chi connectivity index (χ0v) is 17.6. The molecule has 0 fully saturated rings. The van der Waals surface area contributed by atoms with E-state index >= 15 is 0 Å². The third kappa shape index (κ3) is 4.82. The number of hydrogen-bond donors (Lipinski definition) is 2. The molecule has 0 saturated carbocycles. The number of methoxy groups -OCH3 is 1. The Bertz CT molecular complexity index is 1040. The van der Waals surface area contributed by atoms with Crippen LogP contribution in [0, 0.1) is 0 Å². The van der Waals surface area contributed by atoms with Crippen molar-refractivity contribution in [1.29, 1.82) is 0 Å². The van der Waals surface area contributed by atoms with Crippen LogP contribution in [-0.4, -0.2) is 48.6 Å². The summed E-state index contributed by atoms with van der Waals surface area (Å²) in [4.78, 5) is 28.0. The van der Waals surface area contributed by atoms with Gasteiger partial charge in [-0.25, -0.2) is 0 Å². The molecule has 2 N–H and O–H groups in total. The van der Waals surface area contributed by atoms with Gasteiger partial charge in [-0.3, -0.25) is 0 Å². The van der Waals surface area contributed by atoms with Crippen LogP contribution in [0.5, 0.6) is 11.5 Å². The molecule has 8 heteroatoms. The Labute approximate surface area is 174 Å². The van der Waals surface area contributed by atoms with Gasteiger partial charge in [0.05, 0.1) is 0 Å². The number of aliphatic hydroxyl groups is 1. The first kappa shape index (κ1) is 21.0. The van der Waals surface area contributed by atoms with Crippen LogP contribution in [0.15, 0.2) is 54.7 Å². The number of nitrogens with zero attached hydrogens (tertiary/aromatic N) is 1. The summed E-state index contributed by atoms with van der Waals surface area (Å²) in [6, 6.07) is 14.5. The molecule has 0 aliphatic heterocycles. The van der Waals surface area contributed by atoms with Gasteiger partial charge in [0.2, 0.25) is 0 Å². The Morgan fingerprint density at radius 1 is 1.10 bits per heavy atom. The molecule has 0 aliphatic carbocycles. The summed E-state index contributed by atoms with van der Waals surface area (Å²) in [6.45, 7) is 1.49. The van der Waals surface area contributed by atoms with E-state index in [0.29, 0.717) is 22.3 Å². The van der Waals surface area contributed by atoms with Gasteiger partial charge in [-0.2, -0.15) is 0 Å². The fourth-order valence-corrected chi connectivity index (χ4v) is 4.34. The average molecular weight is 456 g/mol. The summed E-state index contributed by atoms with van der Waals surface area (Å²) < 4.78 is 9.71. The van der Waals surface area contributed by atoms with Crippen molar-refractivity contribution >= 4 is 37.1 Å². The molecular formula is C21H19AsNO6. The van der Waals surface area contributed by atoms with Crippen LogP contribution in [0.25, 0.3) is 10.8 Å². The number of pyridine rings is 1. The molecule has 0 aliphatic rings. The Morgan fingerprint density at radius 3 is 2.48 bits per heavy atom. The SMILES string of the molecule is COC(O)c1c(C(=O)[As][C@@H](C)C(=O)O)ncc2cc(Oc3ccccc3)ccc12. The molecular weight excluding hydrogens is 437 g/mol. The van der Waals surface area contributed by atoms with E-state index in [2.05, 4.69) is 4.98 Å². The monoisotopic (exact) mass is 456 g/mol. The summed E-state index contributed by atoms with van der Waals surface area (Å²) in [5, 5.41) is 20.7. The predicted octanol–water partition coefficient (Wildman–Crippen LogP) is 3.40. The van der Waals surface area contributed by atoms with E-state index in [-0.39, 0.29) is 15.8 Å². The zero-order chi connectivity index (χ0) is 21.0.